The summed E-state index contributed by atoms with van der Waals surface area (Å²) in [5.41, 5.74) is -2.28. The molecule has 0 aliphatic rings. The van der Waals surface area contributed by atoms with Crippen molar-refractivity contribution in [3.05, 3.63) is 57.6 Å². The van der Waals surface area contributed by atoms with E-state index >= 15 is 0 Å². The number of rotatable bonds is 2. The van der Waals surface area contributed by atoms with Gasteiger partial charge >= 0.3 is 6.18 Å². The summed E-state index contributed by atoms with van der Waals surface area (Å²) in [6.45, 7) is 0. The first-order valence-corrected chi connectivity index (χ1v) is 6.35. The fraction of sp³-hybridized carbons (Fsp3) is 0.143. The second-order valence-corrected chi connectivity index (χ2v) is 4.76. The summed E-state index contributed by atoms with van der Waals surface area (Å²) in [4.78, 5) is 0. The van der Waals surface area contributed by atoms with Crippen LogP contribution in [0.3, 0.4) is 0 Å². The van der Waals surface area contributed by atoms with Gasteiger partial charge in [0.2, 0.25) is 0 Å². The maximum absolute atomic E-state index is 13.3. The van der Waals surface area contributed by atoms with Crippen molar-refractivity contribution >= 4 is 11.6 Å². The van der Waals surface area contributed by atoms with Gasteiger partial charge in [0.25, 0.3) is 0 Å². The highest BCUT2D eigenvalue weighted by molar-refractivity contribution is 6.29. The van der Waals surface area contributed by atoms with Crippen LogP contribution < -0.4 is 0 Å². The Labute approximate surface area is 132 Å². The summed E-state index contributed by atoms with van der Waals surface area (Å²) in [5, 5.41) is 24.2. The highest BCUT2D eigenvalue weighted by Gasteiger charge is 2.37. The molecule has 1 aromatic carbocycles. The Morgan fingerprint density at radius 1 is 1.13 bits per heavy atom. The minimum atomic E-state index is -4.80. The van der Waals surface area contributed by atoms with Gasteiger partial charge in [0.05, 0.1) is 22.9 Å². The molecule has 2 aromatic rings. The van der Waals surface area contributed by atoms with E-state index in [-0.39, 0.29) is 5.56 Å². The Balaban J connectivity index is 2.64. The average molecular weight is 341 g/mol. The van der Waals surface area contributed by atoms with E-state index in [0.29, 0.717) is 6.07 Å². The van der Waals surface area contributed by atoms with Gasteiger partial charge in [-0.2, -0.15) is 28.8 Å². The summed E-state index contributed by atoms with van der Waals surface area (Å²) in [6, 6.07) is 6.78. The van der Waals surface area contributed by atoms with Gasteiger partial charge < -0.3 is 0 Å². The molecule has 0 saturated carbocycles. The Bertz CT molecular complexity index is 836. The monoisotopic (exact) mass is 340 g/mol. The second-order valence-electron chi connectivity index (χ2n) is 4.38. The van der Waals surface area contributed by atoms with E-state index in [4.69, 9.17) is 16.9 Å². The Kier molecular flexibility index (Phi) is 4.48. The van der Waals surface area contributed by atoms with Crippen molar-refractivity contribution in [3.8, 4) is 12.1 Å². The lowest BCUT2D eigenvalue weighted by Crippen LogP contribution is -2.15. The maximum Gasteiger partial charge on any atom is 0.418 e. The molecule has 116 valence electrons. The van der Waals surface area contributed by atoms with Gasteiger partial charge in [-0.1, -0.05) is 17.7 Å². The van der Waals surface area contributed by atoms with Crippen LogP contribution in [0.4, 0.5) is 17.6 Å². The zero-order valence-electron chi connectivity index (χ0n) is 11.1. The fourth-order valence-electron chi connectivity index (χ4n) is 1.92. The van der Waals surface area contributed by atoms with Crippen LogP contribution in [0.15, 0.2) is 24.3 Å². The van der Waals surface area contributed by atoms with Crippen LogP contribution in [0.25, 0.3) is 0 Å². The zero-order chi connectivity index (χ0) is 17.2. The van der Waals surface area contributed by atoms with Crippen LogP contribution in [0.1, 0.15) is 28.3 Å². The molecule has 0 aliphatic heterocycles. The van der Waals surface area contributed by atoms with Crippen molar-refractivity contribution in [2.75, 3.05) is 0 Å². The van der Waals surface area contributed by atoms with Gasteiger partial charge in [-0.3, -0.25) is 0 Å². The van der Waals surface area contributed by atoms with Crippen molar-refractivity contribution in [3.63, 3.8) is 0 Å². The first-order chi connectivity index (χ1) is 10.8. The lowest BCUT2D eigenvalue weighted by molar-refractivity contribution is -0.138. The number of hydrogen-bond donors (Lipinski definition) is 0. The molecule has 0 radical (unpaired) electrons. The third-order valence-corrected chi connectivity index (χ3v) is 3.13. The van der Waals surface area contributed by atoms with Crippen molar-refractivity contribution in [1.82, 2.24) is 10.2 Å². The van der Waals surface area contributed by atoms with Crippen LogP contribution in [0.5, 0.6) is 0 Å². The highest BCUT2D eigenvalue weighted by atomic mass is 35.5. The van der Waals surface area contributed by atoms with Crippen molar-refractivity contribution in [1.29, 1.82) is 10.5 Å². The Morgan fingerprint density at radius 2 is 1.83 bits per heavy atom. The zero-order valence-corrected chi connectivity index (χ0v) is 11.8. The third-order valence-electron chi connectivity index (χ3n) is 2.94. The Hall–Kier alpha value is -2.71. The number of halogens is 5. The lowest BCUT2D eigenvalue weighted by Gasteiger charge is -2.15. The normalized spacial score (nSPS) is 12.3. The van der Waals surface area contributed by atoms with Gasteiger partial charge in [-0.15, -0.1) is 5.10 Å². The molecule has 4 nitrogen and oxygen atoms in total. The van der Waals surface area contributed by atoms with E-state index in [0.717, 1.165) is 18.2 Å². The van der Waals surface area contributed by atoms with Crippen molar-refractivity contribution in [2.24, 2.45) is 0 Å². The molecule has 9 heteroatoms. The number of hydrogen-bond acceptors (Lipinski definition) is 4. The molecule has 0 amide bonds. The first kappa shape index (κ1) is 16.7. The molecule has 1 unspecified atom stereocenters. The summed E-state index contributed by atoms with van der Waals surface area (Å²) in [6.07, 6.45) is -4.80. The fourth-order valence-corrected chi connectivity index (χ4v) is 2.07. The predicted molar refractivity (Wildman–Crippen MR) is 70.6 cm³/mol. The van der Waals surface area contributed by atoms with Crippen LogP contribution >= 0.6 is 11.6 Å². The van der Waals surface area contributed by atoms with E-state index < -0.39 is 39.9 Å². The summed E-state index contributed by atoms with van der Waals surface area (Å²) >= 11 is 5.44. The smallest absolute Gasteiger partial charge is 0.206 e. The largest absolute Gasteiger partial charge is 0.418 e. The predicted octanol–water partition coefficient (Wildman–Crippen LogP) is 3.82. The number of alkyl halides is 3. The van der Waals surface area contributed by atoms with Crippen LogP contribution in [0, 0.1) is 28.5 Å². The topological polar surface area (TPSA) is 73.4 Å². The molecule has 2 rings (SSSR count). The summed E-state index contributed by atoms with van der Waals surface area (Å²) < 4.78 is 52.6. The molecule has 0 spiro atoms. The van der Waals surface area contributed by atoms with E-state index in [9.17, 15) is 22.8 Å². The minimum Gasteiger partial charge on any atom is -0.206 e. The van der Waals surface area contributed by atoms with E-state index in [2.05, 4.69) is 10.2 Å². The molecule has 0 fully saturated rings. The standard InChI is InChI=1S/C14H5ClF4N4/c15-12-4-10(14(17,18)19)13(23-22-12)9(6-21)7-1-2-11(16)8(3-7)5-20/h1-4,9H. The SMILES string of the molecule is N#Cc1cc(C(C#N)c2nnc(Cl)cc2C(F)(F)F)ccc1F. The molecule has 23 heavy (non-hydrogen) atoms. The van der Waals surface area contributed by atoms with Crippen molar-refractivity contribution < 1.29 is 17.6 Å². The molecular formula is C14H5ClF4N4. The van der Waals surface area contributed by atoms with E-state index in [1.807, 2.05) is 0 Å². The van der Waals surface area contributed by atoms with Crippen LogP contribution in [-0.4, -0.2) is 10.2 Å². The van der Waals surface area contributed by atoms with E-state index in [1.165, 1.54) is 0 Å². The quantitative estimate of drug-likeness (QED) is 0.779. The average Bonchev–Trinajstić information content (AvgIpc) is 2.49. The molecule has 0 saturated heterocycles. The van der Waals surface area contributed by atoms with Crippen LogP contribution in [0.2, 0.25) is 5.15 Å². The van der Waals surface area contributed by atoms with Crippen LogP contribution in [-0.2, 0) is 6.18 Å². The van der Waals surface area contributed by atoms with Gasteiger partial charge in [0.1, 0.15) is 17.8 Å². The van der Waals surface area contributed by atoms with E-state index in [1.54, 1.807) is 12.1 Å². The summed E-state index contributed by atoms with van der Waals surface area (Å²) in [5.74, 6) is -2.32. The van der Waals surface area contributed by atoms with Gasteiger partial charge in [0, 0.05) is 0 Å². The van der Waals surface area contributed by atoms with Gasteiger partial charge in [-0.05, 0) is 23.8 Å². The third kappa shape index (κ3) is 3.38. The summed E-state index contributed by atoms with van der Waals surface area (Å²) in [7, 11) is 0. The molecule has 1 aromatic heterocycles. The molecule has 1 heterocycles. The maximum atomic E-state index is 13.3. The highest BCUT2D eigenvalue weighted by Crippen LogP contribution is 2.37. The van der Waals surface area contributed by atoms with Crippen molar-refractivity contribution in [2.45, 2.75) is 12.1 Å². The molecule has 1 atom stereocenters. The molecule has 0 N–H and O–H groups in total. The second kappa shape index (κ2) is 6.19. The first-order valence-electron chi connectivity index (χ1n) is 5.97. The number of nitrogens with zero attached hydrogens (tertiary/aromatic N) is 4. The van der Waals surface area contributed by atoms with Gasteiger partial charge in [0.15, 0.2) is 5.15 Å². The van der Waals surface area contributed by atoms with Gasteiger partial charge in [-0.25, -0.2) is 4.39 Å². The Morgan fingerprint density at radius 3 is 2.39 bits per heavy atom. The minimum absolute atomic E-state index is 0.00688. The lowest BCUT2D eigenvalue weighted by atomic mass is 9.92. The molecule has 0 aliphatic carbocycles. The number of benzene rings is 1. The molecule has 0 bridgehead atoms. The number of nitriles is 2. The molecular weight excluding hydrogens is 336 g/mol. The number of aromatic nitrogens is 2.